The second-order valence-electron chi connectivity index (χ2n) is 8.46. The Balaban J connectivity index is 1.66. The zero-order valence-corrected chi connectivity index (χ0v) is 22.7. The van der Waals surface area contributed by atoms with E-state index >= 15 is 0 Å². The lowest BCUT2D eigenvalue weighted by molar-refractivity contribution is -0.117. The van der Waals surface area contributed by atoms with E-state index in [1.165, 1.54) is 16.8 Å². The number of halogens is 4. The molecule has 0 unspecified atom stereocenters. The Morgan fingerprint density at radius 3 is 2.28 bits per heavy atom. The highest BCUT2D eigenvalue weighted by Crippen LogP contribution is 2.33. The van der Waals surface area contributed by atoms with Gasteiger partial charge in [0.15, 0.2) is 5.69 Å². The van der Waals surface area contributed by atoms with E-state index in [9.17, 15) is 18.8 Å². The number of nitrogens with zero attached hydrogens (tertiary/aromatic N) is 2. The van der Waals surface area contributed by atoms with Crippen molar-refractivity contribution in [1.29, 1.82) is 0 Å². The highest BCUT2D eigenvalue weighted by atomic mass is 35.5. The van der Waals surface area contributed by atoms with E-state index in [-0.39, 0.29) is 29.9 Å². The predicted octanol–water partition coefficient (Wildman–Crippen LogP) is 5.80. The van der Waals surface area contributed by atoms with Crippen LogP contribution in [-0.4, -0.2) is 34.0 Å². The fourth-order valence-electron chi connectivity index (χ4n) is 3.83. The molecule has 0 aliphatic heterocycles. The second kappa shape index (κ2) is 11.9. The van der Waals surface area contributed by atoms with E-state index < -0.39 is 23.5 Å². The summed E-state index contributed by atoms with van der Waals surface area (Å²) in [4.78, 5) is 36.3. The standard InChI is InChI=1S/C27H21Cl3FN5O3/c1-14-24(27(39)34-21-8-4-16(12-20(21)31)26(38)33-11-10-23(32)37)35-36(22-9-7-18(29)13-19(22)30)25(14)15-2-5-17(28)6-3-15/h2-9,12-13H,10-11H2,1H3,(H2,32,37)(H,33,38)(H,34,39). The van der Waals surface area contributed by atoms with Crippen LogP contribution in [-0.2, 0) is 4.79 Å². The first-order valence-corrected chi connectivity index (χ1v) is 12.7. The Labute approximate surface area is 237 Å². The summed E-state index contributed by atoms with van der Waals surface area (Å²) in [6.45, 7) is 1.73. The topological polar surface area (TPSA) is 119 Å². The zero-order chi connectivity index (χ0) is 28.3. The van der Waals surface area contributed by atoms with Crippen molar-refractivity contribution < 1.29 is 18.8 Å². The average Bonchev–Trinajstić information content (AvgIpc) is 3.22. The van der Waals surface area contributed by atoms with Crippen molar-refractivity contribution in [3.05, 3.63) is 98.4 Å². The van der Waals surface area contributed by atoms with Crippen LogP contribution in [0.15, 0.2) is 60.7 Å². The van der Waals surface area contributed by atoms with E-state index in [2.05, 4.69) is 15.7 Å². The predicted molar refractivity (Wildman–Crippen MR) is 149 cm³/mol. The summed E-state index contributed by atoms with van der Waals surface area (Å²) >= 11 is 18.6. The lowest BCUT2D eigenvalue weighted by Crippen LogP contribution is -2.28. The molecule has 4 aromatic rings. The highest BCUT2D eigenvalue weighted by Gasteiger charge is 2.24. The van der Waals surface area contributed by atoms with Gasteiger partial charge in [0.2, 0.25) is 5.91 Å². The third-order valence-electron chi connectivity index (χ3n) is 5.73. The molecule has 12 heteroatoms. The maximum atomic E-state index is 14.8. The van der Waals surface area contributed by atoms with Crippen LogP contribution in [0.4, 0.5) is 10.1 Å². The maximum absolute atomic E-state index is 14.8. The van der Waals surface area contributed by atoms with Gasteiger partial charge in [-0.1, -0.05) is 46.9 Å². The van der Waals surface area contributed by atoms with Crippen molar-refractivity contribution >= 4 is 58.2 Å². The van der Waals surface area contributed by atoms with Crippen LogP contribution in [0.25, 0.3) is 16.9 Å². The molecule has 0 spiro atoms. The van der Waals surface area contributed by atoms with Gasteiger partial charge in [0, 0.05) is 39.7 Å². The summed E-state index contributed by atoms with van der Waals surface area (Å²) in [7, 11) is 0. The Morgan fingerprint density at radius 1 is 0.949 bits per heavy atom. The Kier molecular flexibility index (Phi) is 8.54. The largest absolute Gasteiger partial charge is 0.370 e. The molecule has 0 aliphatic carbocycles. The van der Waals surface area contributed by atoms with Gasteiger partial charge in [-0.2, -0.15) is 5.10 Å². The number of hydrogen-bond acceptors (Lipinski definition) is 4. The van der Waals surface area contributed by atoms with E-state index in [1.807, 2.05) is 0 Å². The molecule has 0 aliphatic rings. The number of nitrogens with one attached hydrogen (secondary N) is 2. The molecule has 0 fully saturated rings. The lowest BCUT2D eigenvalue weighted by Gasteiger charge is -2.11. The monoisotopic (exact) mass is 587 g/mol. The minimum absolute atomic E-state index is 0.0119. The molecule has 4 rings (SSSR count). The third-order valence-corrected chi connectivity index (χ3v) is 6.52. The molecule has 39 heavy (non-hydrogen) atoms. The quantitative estimate of drug-likeness (QED) is 0.241. The average molecular weight is 589 g/mol. The number of hydrogen-bond donors (Lipinski definition) is 3. The van der Waals surface area contributed by atoms with Crippen molar-refractivity contribution in [3.8, 4) is 16.9 Å². The molecular weight excluding hydrogens is 568 g/mol. The second-order valence-corrected chi connectivity index (χ2v) is 9.74. The first-order valence-electron chi connectivity index (χ1n) is 11.5. The number of amides is 3. The Bertz CT molecular complexity index is 1590. The number of benzene rings is 3. The Hall–Kier alpha value is -3.92. The molecule has 3 amide bonds. The maximum Gasteiger partial charge on any atom is 0.276 e. The SMILES string of the molecule is Cc1c(C(=O)Nc2ccc(C(=O)NCCC(N)=O)cc2F)nn(-c2ccc(Cl)cc2Cl)c1-c1ccc(Cl)cc1. The molecule has 200 valence electrons. The molecule has 3 aromatic carbocycles. The van der Waals surface area contributed by atoms with Gasteiger partial charge < -0.3 is 16.4 Å². The molecule has 1 aromatic heterocycles. The van der Waals surface area contributed by atoms with Crippen LogP contribution in [0, 0.1) is 12.7 Å². The van der Waals surface area contributed by atoms with Gasteiger partial charge in [0.05, 0.1) is 22.1 Å². The van der Waals surface area contributed by atoms with Gasteiger partial charge >= 0.3 is 0 Å². The highest BCUT2D eigenvalue weighted by molar-refractivity contribution is 6.35. The minimum Gasteiger partial charge on any atom is -0.370 e. The number of aromatic nitrogens is 2. The molecule has 4 N–H and O–H groups in total. The summed E-state index contributed by atoms with van der Waals surface area (Å²) in [5.74, 6) is -2.67. The molecule has 1 heterocycles. The molecule has 0 bridgehead atoms. The smallest absolute Gasteiger partial charge is 0.276 e. The van der Waals surface area contributed by atoms with Crippen LogP contribution >= 0.6 is 34.8 Å². The number of carbonyl (C=O) groups is 3. The first kappa shape index (κ1) is 28.1. The normalized spacial score (nSPS) is 10.8. The van der Waals surface area contributed by atoms with Gasteiger partial charge in [0.25, 0.3) is 11.8 Å². The van der Waals surface area contributed by atoms with Gasteiger partial charge in [0.1, 0.15) is 5.82 Å². The molecular formula is C27H21Cl3FN5O3. The van der Waals surface area contributed by atoms with Crippen LogP contribution < -0.4 is 16.4 Å². The minimum atomic E-state index is -0.832. The number of carbonyl (C=O) groups excluding carboxylic acids is 3. The van der Waals surface area contributed by atoms with Crippen LogP contribution in [0.2, 0.25) is 15.1 Å². The van der Waals surface area contributed by atoms with Crippen molar-refractivity contribution in [3.63, 3.8) is 0 Å². The Morgan fingerprint density at radius 2 is 1.64 bits per heavy atom. The van der Waals surface area contributed by atoms with Gasteiger partial charge in [-0.3, -0.25) is 14.4 Å². The summed E-state index contributed by atoms with van der Waals surface area (Å²) in [5.41, 5.74) is 7.21. The first-order chi connectivity index (χ1) is 18.5. The molecule has 0 radical (unpaired) electrons. The van der Waals surface area contributed by atoms with Crippen molar-refractivity contribution in [2.24, 2.45) is 5.73 Å². The van der Waals surface area contributed by atoms with Crippen molar-refractivity contribution in [2.75, 3.05) is 11.9 Å². The van der Waals surface area contributed by atoms with Gasteiger partial charge in [-0.15, -0.1) is 0 Å². The van der Waals surface area contributed by atoms with E-state index in [1.54, 1.807) is 49.4 Å². The van der Waals surface area contributed by atoms with E-state index in [0.29, 0.717) is 37.6 Å². The number of nitrogens with two attached hydrogens (primary N) is 1. The molecule has 0 atom stereocenters. The summed E-state index contributed by atoms with van der Waals surface area (Å²) in [6.07, 6.45) is -0.0480. The molecule has 8 nitrogen and oxygen atoms in total. The van der Waals surface area contributed by atoms with Crippen molar-refractivity contribution in [2.45, 2.75) is 13.3 Å². The number of rotatable bonds is 8. The van der Waals surface area contributed by atoms with Crippen LogP contribution in [0.5, 0.6) is 0 Å². The summed E-state index contributed by atoms with van der Waals surface area (Å²) < 4.78 is 16.4. The summed E-state index contributed by atoms with van der Waals surface area (Å²) in [5, 5.41) is 10.8. The zero-order valence-electron chi connectivity index (χ0n) is 20.4. The lowest BCUT2D eigenvalue weighted by atomic mass is 10.1. The summed E-state index contributed by atoms with van der Waals surface area (Å²) in [6, 6.07) is 15.4. The number of primary amides is 1. The fraction of sp³-hybridized carbons (Fsp3) is 0.111. The van der Waals surface area contributed by atoms with Gasteiger partial charge in [-0.25, -0.2) is 9.07 Å². The molecule has 0 saturated heterocycles. The van der Waals surface area contributed by atoms with E-state index in [0.717, 1.165) is 6.07 Å². The van der Waals surface area contributed by atoms with Gasteiger partial charge in [-0.05, 0) is 55.5 Å². The molecule has 0 saturated carbocycles. The number of anilines is 1. The van der Waals surface area contributed by atoms with Crippen LogP contribution in [0.3, 0.4) is 0 Å². The fourth-order valence-corrected chi connectivity index (χ4v) is 4.44. The van der Waals surface area contributed by atoms with Crippen molar-refractivity contribution in [1.82, 2.24) is 15.1 Å². The van der Waals surface area contributed by atoms with Crippen LogP contribution in [0.1, 0.15) is 32.8 Å². The third kappa shape index (κ3) is 6.39. The van der Waals surface area contributed by atoms with E-state index in [4.69, 9.17) is 40.5 Å².